The summed E-state index contributed by atoms with van der Waals surface area (Å²) in [6.45, 7) is -0.280. The summed E-state index contributed by atoms with van der Waals surface area (Å²) >= 11 is 6.23. The van der Waals surface area contributed by atoms with Crippen molar-refractivity contribution in [3.8, 4) is 11.5 Å². The lowest BCUT2D eigenvalue weighted by molar-refractivity contribution is -0.384. The lowest BCUT2D eigenvalue weighted by Crippen LogP contribution is -2.30. The molecule has 3 aromatic rings. The third-order valence-corrected chi connectivity index (χ3v) is 5.62. The number of esters is 1. The van der Waals surface area contributed by atoms with E-state index in [0.717, 1.165) is 4.90 Å². The van der Waals surface area contributed by atoms with Crippen molar-refractivity contribution in [3.63, 3.8) is 0 Å². The second kappa shape index (κ2) is 11.0. The van der Waals surface area contributed by atoms with Crippen molar-refractivity contribution < 1.29 is 37.9 Å². The van der Waals surface area contributed by atoms with E-state index in [-0.39, 0.29) is 52.6 Å². The molecule has 1 N–H and O–H groups in total. The third kappa shape index (κ3) is 5.60. The number of nitrogens with zero attached hydrogens (tertiary/aromatic N) is 2. The summed E-state index contributed by atoms with van der Waals surface area (Å²) < 4.78 is 21.2. The monoisotopic (exact) mass is 541 g/mol. The number of benzene rings is 2. The second-order valence-corrected chi connectivity index (χ2v) is 8.32. The average Bonchev–Trinajstić information content (AvgIpc) is 3.47. The van der Waals surface area contributed by atoms with Gasteiger partial charge in [-0.25, -0.2) is 9.59 Å². The average molecular weight is 542 g/mol. The minimum atomic E-state index is -0.703. The molecule has 3 amide bonds. The smallest absolute Gasteiger partial charge is 0.373 e. The van der Waals surface area contributed by atoms with Gasteiger partial charge in [-0.15, -0.1) is 0 Å². The number of hydrogen-bond acceptors (Lipinski definition) is 9. The van der Waals surface area contributed by atoms with Crippen molar-refractivity contribution >= 4 is 41.3 Å². The molecule has 13 heteroatoms. The first-order valence-corrected chi connectivity index (χ1v) is 11.3. The molecule has 2 heterocycles. The molecule has 0 atom stereocenters. The first-order valence-electron chi connectivity index (χ1n) is 11.0. The van der Waals surface area contributed by atoms with Crippen molar-refractivity contribution in [1.29, 1.82) is 0 Å². The zero-order valence-electron chi connectivity index (χ0n) is 20.1. The normalized spacial score (nSPS) is 14.0. The molecule has 1 saturated heterocycles. The van der Waals surface area contributed by atoms with Gasteiger partial charge < -0.3 is 23.9 Å². The molecule has 2 aromatic carbocycles. The van der Waals surface area contributed by atoms with Gasteiger partial charge in [0.2, 0.25) is 5.76 Å². The van der Waals surface area contributed by atoms with Gasteiger partial charge >= 0.3 is 12.0 Å². The zero-order valence-corrected chi connectivity index (χ0v) is 20.8. The Morgan fingerprint density at radius 2 is 1.97 bits per heavy atom. The molecule has 38 heavy (non-hydrogen) atoms. The standard InChI is InChI=1S/C25H20ClN3O9/c1-35-21-11-16(26)9-15(22(21)37-13-14-4-3-5-17(8-14)29(33)34)10-19-23(30)28(25(32)27-19)12-18-6-7-20(38-18)24(31)36-2/h3-11H,12-13H2,1-2H3,(H,27,32)/b19-10-. The van der Waals surface area contributed by atoms with Gasteiger partial charge in [-0.2, -0.15) is 0 Å². The number of amides is 3. The third-order valence-electron chi connectivity index (χ3n) is 5.40. The number of furan rings is 1. The summed E-state index contributed by atoms with van der Waals surface area (Å²) in [5.41, 5.74) is 0.678. The number of non-ortho nitro benzene ring substituents is 1. The lowest BCUT2D eigenvalue weighted by atomic mass is 10.1. The maximum atomic E-state index is 13.0. The number of nitro benzene ring substituents is 1. The van der Waals surface area contributed by atoms with Gasteiger partial charge in [0.1, 0.15) is 18.1 Å². The number of nitro groups is 1. The number of imide groups is 1. The molecule has 0 unspecified atom stereocenters. The Morgan fingerprint density at radius 1 is 1.18 bits per heavy atom. The van der Waals surface area contributed by atoms with Gasteiger partial charge in [0, 0.05) is 28.8 Å². The Hall–Kier alpha value is -4.84. The van der Waals surface area contributed by atoms with Crippen molar-refractivity contribution in [3.05, 3.63) is 92.0 Å². The highest BCUT2D eigenvalue weighted by molar-refractivity contribution is 6.31. The summed E-state index contributed by atoms with van der Waals surface area (Å²) in [5.74, 6) is -0.780. The summed E-state index contributed by atoms with van der Waals surface area (Å²) in [6, 6.07) is 11.1. The van der Waals surface area contributed by atoms with Crippen LogP contribution in [0.4, 0.5) is 10.5 Å². The quantitative estimate of drug-likeness (QED) is 0.137. The topological polar surface area (TPSA) is 150 Å². The number of halogens is 1. The number of hydrogen-bond donors (Lipinski definition) is 1. The Labute approximate surface area is 220 Å². The summed E-state index contributed by atoms with van der Waals surface area (Å²) in [4.78, 5) is 48.6. The Kier molecular flexibility index (Phi) is 7.63. The first-order chi connectivity index (χ1) is 18.2. The Bertz CT molecular complexity index is 1460. The minimum Gasteiger partial charge on any atom is -0.493 e. The molecule has 0 aliphatic carbocycles. The van der Waals surface area contributed by atoms with Gasteiger partial charge in [-0.1, -0.05) is 23.7 Å². The van der Waals surface area contributed by atoms with E-state index in [2.05, 4.69) is 10.1 Å². The van der Waals surface area contributed by atoms with Crippen molar-refractivity contribution in [2.45, 2.75) is 13.2 Å². The summed E-state index contributed by atoms with van der Waals surface area (Å²) in [7, 11) is 2.60. The first kappa shape index (κ1) is 26.2. The van der Waals surface area contributed by atoms with Crippen LogP contribution in [-0.2, 0) is 22.7 Å². The number of methoxy groups -OCH3 is 2. The van der Waals surface area contributed by atoms with E-state index in [9.17, 15) is 24.5 Å². The molecule has 196 valence electrons. The van der Waals surface area contributed by atoms with Crippen LogP contribution < -0.4 is 14.8 Å². The molecule has 0 bridgehead atoms. The lowest BCUT2D eigenvalue weighted by Gasteiger charge is -2.14. The van der Waals surface area contributed by atoms with Crippen LogP contribution in [0.3, 0.4) is 0 Å². The van der Waals surface area contributed by atoms with Crippen LogP contribution in [0.5, 0.6) is 11.5 Å². The predicted octanol–water partition coefficient (Wildman–Crippen LogP) is 4.31. The molecule has 1 fully saturated rings. The largest absolute Gasteiger partial charge is 0.493 e. The molecular formula is C25H20ClN3O9. The molecule has 1 aromatic heterocycles. The number of rotatable bonds is 9. The molecule has 0 saturated carbocycles. The van der Waals surface area contributed by atoms with Crippen LogP contribution >= 0.6 is 11.6 Å². The van der Waals surface area contributed by atoms with Crippen molar-refractivity contribution in [2.24, 2.45) is 0 Å². The number of nitrogens with one attached hydrogen (secondary N) is 1. The van der Waals surface area contributed by atoms with Gasteiger partial charge in [0.05, 0.1) is 25.7 Å². The Balaban J connectivity index is 1.59. The van der Waals surface area contributed by atoms with E-state index >= 15 is 0 Å². The fourth-order valence-electron chi connectivity index (χ4n) is 3.62. The molecule has 4 rings (SSSR count). The van der Waals surface area contributed by atoms with Gasteiger partial charge in [-0.3, -0.25) is 19.8 Å². The molecule has 1 aliphatic heterocycles. The van der Waals surface area contributed by atoms with Crippen molar-refractivity contribution in [1.82, 2.24) is 10.2 Å². The number of carbonyl (C=O) groups excluding carboxylic acids is 3. The zero-order chi connectivity index (χ0) is 27.4. The van der Waals surface area contributed by atoms with Gasteiger partial charge in [-0.05, 0) is 29.8 Å². The minimum absolute atomic E-state index is 0.0523. The van der Waals surface area contributed by atoms with Crippen LogP contribution in [0.15, 0.2) is 58.6 Å². The maximum absolute atomic E-state index is 13.0. The van der Waals surface area contributed by atoms with E-state index in [4.69, 9.17) is 25.5 Å². The van der Waals surface area contributed by atoms with Gasteiger partial charge in [0.25, 0.3) is 11.6 Å². The molecule has 0 spiro atoms. The van der Waals surface area contributed by atoms with Crippen LogP contribution in [0.2, 0.25) is 5.02 Å². The Morgan fingerprint density at radius 3 is 2.68 bits per heavy atom. The van der Waals surface area contributed by atoms with E-state index in [1.807, 2.05) is 0 Å². The van der Waals surface area contributed by atoms with Crippen molar-refractivity contribution in [2.75, 3.05) is 14.2 Å². The van der Waals surface area contributed by atoms with E-state index in [1.165, 1.54) is 62.8 Å². The highest BCUT2D eigenvalue weighted by Crippen LogP contribution is 2.37. The maximum Gasteiger partial charge on any atom is 0.373 e. The van der Waals surface area contributed by atoms with Crippen LogP contribution in [0.25, 0.3) is 6.08 Å². The number of carbonyl (C=O) groups is 3. The second-order valence-electron chi connectivity index (χ2n) is 7.88. The van der Waals surface area contributed by atoms with Crippen LogP contribution in [-0.4, -0.2) is 42.0 Å². The van der Waals surface area contributed by atoms with E-state index < -0.39 is 22.8 Å². The molecule has 12 nitrogen and oxygen atoms in total. The molecule has 0 radical (unpaired) electrons. The van der Waals surface area contributed by atoms with E-state index in [1.54, 1.807) is 6.07 Å². The SMILES string of the molecule is COC(=O)c1ccc(CN2C(=O)N/C(=C\c3cc(Cl)cc(OC)c3OCc3cccc([N+](=O)[O-])c3)C2=O)o1. The van der Waals surface area contributed by atoms with Crippen LogP contribution in [0.1, 0.15) is 27.4 Å². The summed E-state index contributed by atoms with van der Waals surface area (Å²) in [6.07, 6.45) is 1.37. The number of ether oxygens (including phenoxy) is 3. The number of urea groups is 1. The highest BCUT2D eigenvalue weighted by atomic mass is 35.5. The predicted molar refractivity (Wildman–Crippen MR) is 133 cm³/mol. The van der Waals surface area contributed by atoms with Crippen LogP contribution in [0, 0.1) is 10.1 Å². The molecular weight excluding hydrogens is 522 g/mol. The molecule has 1 aliphatic rings. The van der Waals surface area contributed by atoms with E-state index in [0.29, 0.717) is 11.1 Å². The summed E-state index contributed by atoms with van der Waals surface area (Å²) in [5, 5.41) is 13.8. The highest BCUT2D eigenvalue weighted by Gasteiger charge is 2.35. The fourth-order valence-corrected chi connectivity index (χ4v) is 3.83. The fraction of sp³-hybridized carbons (Fsp3) is 0.160. The van der Waals surface area contributed by atoms with Gasteiger partial charge in [0.15, 0.2) is 11.5 Å².